The Morgan fingerprint density at radius 2 is 2.14 bits per heavy atom. The molecule has 1 unspecified atom stereocenters. The lowest BCUT2D eigenvalue weighted by Crippen LogP contribution is -2.40. The molecule has 1 amide bonds. The Balaban J connectivity index is 1.94. The maximum atomic E-state index is 13.4. The molecule has 5 heteroatoms. The highest BCUT2D eigenvalue weighted by atomic mass is 19.3. The number of fused-ring (bicyclic) bond motifs is 1. The van der Waals surface area contributed by atoms with E-state index >= 15 is 0 Å². The molecule has 0 spiro atoms. The van der Waals surface area contributed by atoms with E-state index in [2.05, 4.69) is 0 Å². The van der Waals surface area contributed by atoms with E-state index in [-0.39, 0.29) is 30.7 Å². The minimum Gasteiger partial charge on any atom is -0.332 e. The molecule has 3 atom stereocenters. The molecular formula is C16H18F3NO. The number of halogens is 3. The number of carbonyl (C=O) groups is 1. The molecule has 114 valence electrons. The summed E-state index contributed by atoms with van der Waals surface area (Å²) < 4.78 is 40.3. The summed E-state index contributed by atoms with van der Waals surface area (Å²) in [6.07, 6.45) is -0.864. The molecule has 2 aliphatic heterocycles. The van der Waals surface area contributed by atoms with E-state index in [4.69, 9.17) is 0 Å². The van der Waals surface area contributed by atoms with Crippen LogP contribution in [0.2, 0.25) is 0 Å². The van der Waals surface area contributed by atoms with Gasteiger partial charge in [-0.25, -0.2) is 13.2 Å². The maximum Gasteiger partial charge on any atom is 0.252 e. The van der Waals surface area contributed by atoms with Crippen molar-refractivity contribution < 1.29 is 18.0 Å². The van der Waals surface area contributed by atoms with Gasteiger partial charge in [-0.3, -0.25) is 4.79 Å². The molecule has 2 saturated heterocycles. The van der Waals surface area contributed by atoms with Crippen LogP contribution in [-0.4, -0.2) is 23.3 Å². The second-order valence-electron chi connectivity index (χ2n) is 6.03. The molecule has 0 aliphatic carbocycles. The van der Waals surface area contributed by atoms with Crippen LogP contribution in [0, 0.1) is 11.2 Å². The van der Waals surface area contributed by atoms with E-state index in [0.29, 0.717) is 18.4 Å². The van der Waals surface area contributed by atoms with Crippen LogP contribution in [0.25, 0.3) is 0 Å². The number of amides is 1. The van der Waals surface area contributed by atoms with Crippen LogP contribution >= 0.6 is 0 Å². The molecule has 3 rings (SSSR count). The highest BCUT2D eigenvalue weighted by Gasteiger charge is 2.59. The van der Waals surface area contributed by atoms with Crippen molar-refractivity contribution in [3.8, 4) is 0 Å². The van der Waals surface area contributed by atoms with Crippen molar-refractivity contribution in [1.29, 1.82) is 0 Å². The molecule has 0 N–H and O–H groups in total. The zero-order valence-electron chi connectivity index (χ0n) is 11.9. The largest absolute Gasteiger partial charge is 0.332 e. The minimum absolute atomic E-state index is 0.139. The third-order valence-corrected chi connectivity index (χ3v) is 5.04. The first kappa shape index (κ1) is 14.4. The zero-order valence-corrected chi connectivity index (χ0v) is 11.9. The van der Waals surface area contributed by atoms with E-state index in [0.717, 1.165) is 0 Å². The lowest BCUT2D eigenvalue weighted by Gasteiger charge is -2.29. The molecule has 1 aromatic rings. The first-order valence-electron chi connectivity index (χ1n) is 7.36. The molecule has 1 aromatic carbocycles. The van der Waals surface area contributed by atoms with Crippen molar-refractivity contribution in [3.63, 3.8) is 0 Å². The van der Waals surface area contributed by atoms with E-state index in [1.54, 1.807) is 24.0 Å². The average Bonchev–Trinajstić information content (AvgIpc) is 2.98. The zero-order chi connectivity index (χ0) is 15.2. The van der Waals surface area contributed by atoms with E-state index < -0.39 is 17.7 Å². The van der Waals surface area contributed by atoms with Crippen molar-refractivity contribution in [2.45, 2.75) is 51.1 Å². The highest BCUT2D eigenvalue weighted by molar-refractivity contribution is 5.86. The Kier molecular flexibility index (Phi) is 3.46. The van der Waals surface area contributed by atoms with Gasteiger partial charge >= 0.3 is 0 Å². The van der Waals surface area contributed by atoms with Gasteiger partial charge in [0.15, 0.2) is 0 Å². The third kappa shape index (κ3) is 2.05. The number of hydrogen-bond acceptors (Lipinski definition) is 1. The van der Waals surface area contributed by atoms with Crippen molar-refractivity contribution in [2.75, 3.05) is 0 Å². The standard InChI is InChI=1S/C16H18F3NO/c1-2-16(14(18)19)9-12-6-7-13(20(12)15(16)21)10-4-3-5-11(17)8-10/h3-5,8,12-14H,2,6-7,9H2,1H3/t12-,13-,16?/m0/s1. The summed E-state index contributed by atoms with van der Waals surface area (Å²) in [5.41, 5.74) is -0.844. The number of alkyl halides is 2. The molecule has 0 saturated carbocycles. The van der Waals surface area contributed by atoms with E-state index in [9.17, 15) is 18.0 Å². The Labute approximate surface area is 121 Å². The summed E-state index contributed by atoms with van der Waals surface area (Å²) >= 11 is 0. The normalized spacial score (nSPS) is 32.0. The summed E-state index contributed by atoms with van der Waals surface area (Å²) in [7, 11) is 0. The molecular weight excluding hydrogens is 279 g/mol. The van der Waals surface area contributed by atoms with Crippen LogP contribution in [0.15, 0.2) is 24.3 Å². The van der Waals surface area contributed by atoms with Crippen LogP contribution in [0.5, 0.6) is 0 Å². The van der Waals surface area contributed by atoms with Crippen LogP contribution < -0.4 is 0 Å². The lowest BCUT2D eigenvalue weighted by atomic mass is 9.81. The van der Waals surface area contributed by atoms with Gasteiger partial charge in [0.1, 0.15) is 11.2 Å². The first-order chi connectivity index (χ1) is 9.99. The monoisotopic (exact) mass is 297 g/mol. The van der Waals surface area contributed by atoms with Gasteiger partial charge in [0, 0.05) is 6.04 Å². The third-order valence-electron chi connectivity index (χ3n) is 5.04. The fraction of sp³-hybridized carbons (Fsp3) is 0.562. The van der Waals surface area contributed by atoms with Crippen molar-refractivity contribution >= 4 is 5.91 Å². The predicted molar refractivity (Wildman–Crippen MR) is 72.4 cm³/mol. The van der Waals surface area contributed by atoms with Gasteiger partial charge in [0.2, 0.25) is 5.91 Å². The van der Waals surface area contributed by atoms with Crippen LogP contribution in [0.3, 0.4) is 0 Å². The summed E-state index contributed by atoms with van der Waals surface area (Å²) in [5.74, 6) is -0.824. The Bertz CT molecular complexity index is 562. The number of nitrogens with zero attached hydrogens (tertiary/aromatic N) is 1. The molecule has 0 bridgehead atoms. The van der Waals surface area contributed by atoms with Gasteiger partial charge in [-0.2, -0.15) is 0 Å². The van der Waals surface area contributed by atoms with E-state index in [1.807, 2.05) is 0 Å². The minimum atomic E-state index is -2.64. The second kappa shape index (κ2) is 5.04. The molecule has 21 heavy (non-hydrogen) atoms. The second-order valence-corrected chi connectivity index (χ2v) is 6.03. The molecule has 2 aliphatic rings. The quantitative estimate of drug-likeness (QED) is 0.828. The summed E-state index contributed by atoms with van der Waals surface area (Å²) in [5, 5.41) is 0. The van der Waals surface area contributed by atoms with Gasteiger partial charge in [0.25, 0.3) is 6.43 Å². The van der Waals surface area contributed by atoms with Gasteiger partial charge in [-0.05, 0) is 43.4 Å². The first-order valence-corrected chi connectivity index (χ1v) is 7.36. The Morgan fingerprint density at radius 1 is 1.38 bits per heavy atom. The van der Waals surface area contributed by atoms with Gasteiger partial charge < -0.3 is 4.90 Å². The van der Waals surface area contributed by atoms with Crippen LogP contribution in [0.1, 0.15) is 44.2 Å². The lowest BCUT2D eigenvalue weighted by molar-refractivity contribution is -0.146. The SMILES string of the molecule is CCC1(C(F)F)C[C@@H]2CC[C@@H](c3cccc(F)c3)N2C1=O. The number of rotatable bonds is 3. The molecule has 0 radical (unpaired) electrons. The van der Waals surface area contributed by atoms with Gasteiger partial charge in [0.05, 0.1) is 6.04 Å². The number of hydrogen-bond donors (Lipinski definition) is 0. The predicted octanol–water partition coefficient (Wildman–Crippen LogP) is 3.92. The number of benzene rings is 1. The molecule has 2 nitrogen and oxygen atoms in total. The summed E-state index contributed by atoms with van der Waals surface area (Å²) in [4.78, 5) is 14.2. The van der Waals surface area contributed by atoms with Crippen molar-refractivity contribution in [1.82, 2.24) is 4.90 Å². The molecule has 2 fully saturated rings. The summed E-state index contributed by atoms with van der Waals surface area (Å²) in [6.45, 7) is 1.64. The van der Waals surface area contributed by atoms with Gasteiger partial charge in [-0.1, -0.05) is 19.1 Å². The van der Waals surface area contributed by atoms with E-state index in [1.165, 1.54) is 12.1 Å². The Morgan fingerprint density at radius 3 is 2.76 bits per heavy atom. The average molecular weight is 297 g/mol. The highest BCUT2D eigenvalue weighted by Crippen LogP contribution is 2.52. The van der Waals surface area contributed by atoms with Crippen LogP contribution in [0.4, 0.5) is 13.2 Å². The van der Waals surface area contributed by atoms with Crippen LogP contribution in [-0.2, 0) is 4.79 Å². The fourth-order valence-corrected chi connectivity index (χ4v) is 3.83. The number of carbonyl (C=O) groups excluding carboxylic acids is 1. The van der Waals surface area contributed by atoms with Crippen molar-refractivity contribution in [3.05, 3.63) is 35.6 Å². The smallest absolute Gasteiger partial charge is 0.252 e. The molecule has 0 aromatic heterocycles. The topological polar surface area (TPSA) is 20.3 Å². The molecule has 2 heterocycles. The van der Waals surface area contributed by atoms with Crippen molar-refractivity contribution in [2.24, 2.45) is 5.41 Å². The summed E-state index contributed by atoms with van der Waals surface area (Å²) in [6, 6.07) is 5.69. The van der Waals surface area contributed by atoms with Gasteiger partial charge in [-0.15, -0.1) is 0 Å². The maximum absolute atomic E-state index is 13.4. The Hall–Kier alpha value is -1.52. The fourth-order valence-electron chi connectivity index (χ4n) is 3.83.